The number of pyridine rings is 1. The van der Waals surface area contributed by atoms with Gasteiger partial charge in [0.2, 0.25) is 0 Å². The number of nitrogens with zero attached hydrogens (tertiary/aromatic N) is 4. The van der Waals surface area contributed by atoms with Gasteiger partial charge in [-0.15, -0.1) is 0 Å². The summed E-state index contributed by atoms with van der Waals surface area (Å²) in [6.07, 6.45) is 1.60. The number of ketones is 1. The Hall–Kier alpha value is -3.13. The number of nitrogen functional groups attached to an aromatic ring is 1. The molecule has 8 nitrogen and oxygen atoms in total. The van der Waals surface area contributed by atoms with Crippen LogP contribution in [0, 0.1) is 0 Å². The van der Waals surface area contributed by atoms with Crippen LogP contribution in [0.15, 0.2) is 30.6 Å². The van der Waals surface area contributed by atoms with E-state index in [0.717, 1.165) is 0 Å². The van der Waals surface area contributed by atoms with Gasteiger partial charge < -0.3 is 15.8 Å². The number of aryl methyl sites for hydroxylation is 1. The Kier molecular flexibility index (Phi) is 4.77. The van der Waals surface area contributed by atoms with Gasteiger partial charge in [0, 0.05) is 7.05 Å². The Morgan fingerprint density at radius 1 is 1.35 bits per heavy atom. The largest absolute Gasteiger partial charge is 0.494 e. The summed E-state index contributed by atoms with van der Waals surface area (Å²) in [4.78, 5) is 20.2. The van der Waals surface area contributed by atoms with Crippen molar-refractivity contribution < 1.29 is 9.53 Å². The van der Waals surface area contributed by atoms with Crippen LogP contribution in [0.2, 0.25) is 5.15 Å². The number of hydrogen-bond acceptors (Lipinski definition) is 7. The first-order chi connectivity index (χ1) is 12.4. The highest BCUT2D eigenvalue weighted by Crippen LogP contribution is 2.38. The third-order valence-electron chi connectivity index (χ3n) is 3.70. The van der Waals surface area contributed by atoms with Crippen molar-refractivity contribution in [1.82, 2.24) is 19.7 Å². The summed E-state index contributed by atoms with van der Waals surface area (Å²) in [5, 5.41) is 7.64. The zero-order valence-corrected chi connectivity index (χ0v) is 15.2. The summed E-state index contributed by atoms with van der Waals surface area (Å²) < 4.78 is 7.16. The minimum Gasteiger partial charge on any atom is -0.494 e. The predicted octanol–water partition coefficient (Wildman–Crippen LogP) is 3.07. The number of aromatic nitrogens is 4. The van der Waals surface area contributed by atoms with Gasteiger partial charge >= 0.3 is 0 Å². The van der Waals surface area contributed by atoms with Crippen LogP contribution in [0.1, 0.15) is 17.3 Å². The van der Waals surface area contributed by atoms with Crippen LogP contribution in [0.4, 0.5) is 17.2 Å². The van der Waals surface area contributed by atoms with Gasteiger partial charge in [-0.05, 0) is 25.1 Å². The molecule has 0 bridgehead atoms. The average Bonchev–Trinajstić information content (AvgIpc) is 3.00. The van der Waals surface area contributed by atoms with Crippen molar-refractivity contribution >= 4 is 34.6 Å². The van der Waals surface area contributed by atoms with Gasteiger partial charge in [0.05, 0.1) is 29.6 Å². The van der Waals surface area contributed by atoms with Gasteiger partial charge in [0.1, 0.15) is 17.3 Å². The lowest BCUT2D eigenvalue weighted by molar-refractivity contribution is 0.101. The number of para-hydroxylation sites is 1. The van der Waals surface area contributed by atoms with E-state index in [1.807, 2.05) is 12.1 Å². The molecule has 0 saturated heterocycles. The SMILES string of the molecule is COc1c(Nc2cc(Cl)nc(N)c2C(C)=O)cccc1-c1ncn(C)n1. The van der Waals surface area contributed by atoms with Crippen molar-refractivity contribution in [1.29, 1.82) is 0 Å². The van der Waals surface area contributed by atoms with Gasteiger partial charge in [-0.1, -0.05) is 17.7 Å². The second-order valence-corrected chi connectivity index (χ2v) is 5.95. The Morgan fingerprint density at radius 2 is 2.12 bits per heavy atom. The monoisotopic (exact) mass is 372 g/mol. The molecule has 2 heterocycles. The van der Waals surface area contributed by atoms with Crippen molar-refractivity contribution in [2.24, 2.45) is 7.05 Å². The van der Waals surface area contributed by atoms with Gasteiger partial charge in [0.25, 0.3) is 0 Å². The van der Waals surface area contributed by atoms with Crippen LogP contribution in [-0.2, 0) is 7.05 Å². The number of carbonyl (C=O) groups excluding carboxylic acids is 1. The number of rotatable bonds is 5. The van der Waals surface area contributed by atoms with Crippen molar-refractivity contribution in [3.8, 4) is 17.1 Å². The molecule has 0 fully saturated rings. The summed E-state index contributed by atoms with van der Waals surface area (Å²) in [7, 11) is 3.33. The Balaban J connectivity index is 2.11. The topological polar surface area (TPSA) is 108 Å². The molecule has 0 saturated carbocycles. The number of Topliss-reactive ketones (excluding diaryl/α,β-unsaturated/α-hetero) is 1. The second kappa shape index (κ2) is 7.01. The minimum absolute atomic E-state index is 0.0639. The zero-order valence-electron chi connectivity index (χ0n) is 14.4. The van der Waals surface area contributed by atoms with Crippen molar-refractivity contribution in [3.63, 3.8) is 0 Å². The summed E-state index contributed by atoms with van der Waals surface area (Å²) in [6.45, 7) is 1.41. The molecule has 0 atom stereocenters. The Labute approximate surface area is 155 Å². The lowest BCUT2D eigenvalue weighted by Gasteiger charge is -2.16. The maximum Gasteiger partial charge on any atom is 0.184 e. The maximum absolute atomic E-state index is 12.0. The molecule has 1 aromatic carbocycles. The van der Waals surface area contributed by atoms with E-state index >= 15 is 0 Å². The molecule has 3 rings (SSSR count). The van der Waals surface area contributed by atoms with Gasteiger partial charge in [0.15, 0.2) is 17.4 Å². The molecule has 0 aliphatic carbocycles. The number of hydrogen-bond donors (Lipinski definition) is 2. The summed E-state index contributed by atoms with van der Waals surface area (Å²) >= 11 is 6.00. The fourth-order valence-corrected chi connectivity index (χ4v) is 2.84. The number of benzene rings is 1. The minimum atomic E-state index is -0.226. The van der Waals surface area contributed by atoms with E-state index in [1.54, 1.807) is 37.3 Å². The van der Waals surface area contributed by atoms with E-state index in [2.05, 4.69) is 20.4 Å². The van der Waals surface area contributed by atoms with Crippen LogP contribution < -0.4 is 15.8 Å². The molecule has 3 N–H and O–H groups in total. The van der Waals surface area contributed by atoms with Gasteiger partial charge in [-0.3, -0.25) is 9.48 Å². The molecule has 0 amide bonds. The maximum atomic E-state index is 12.0. The number of carbonyl (C=O) groups is 1. The van der Waals surface area contributed by atoms with Gasteiger partial charge in [-0.2, -0.15) is 5.10 Å². The third kappa shape index (κ3) is 3.31. The third-order valence-corrected chi connectivity index (χ3v) is 3.89. The molecule has 2 aromatic heterocycles. The molecule has 9 heteroatoms. The van der Waals surface area contributed by atoms with Crippen LogP contribution in [0.3, 0.4) is 0 Å². The Morgan fingerprint density at radius 3 is 2.73 bits per heavy atom. The molecule has 0 unspecified atom stereocenters. The first kappa shape index (κ1) is 17.7. The van der Waals surface area contributed by atoms with E-state index in [1.165, 1.54) is 6.92 Å². The Bertz CT molecular complexity index is 985. The quantitative estimate of drug-likeness (QED) is 0.523. The average molecular weight is 373 g/mol. The highest BCUT2D eigenvalue weighted by molar-refractivity contribution is 6.30. The fourth-order valence-electron chi connectivity index (χ4n) is 2.64. The summed E-state index contributed by atoms with van der Waals surface area (Å²) in [5.74, 6) is 0.886. The van der Waals surface area contributed by atoms with Crippen molar-refractivity contribution in [2.45, 2.75) is 6.92 Å². The molecule has 134 valence electrons. The molecule has 0 spiro atoms. The number of halogens is 1. The normalized spacial score (nSPS) is 10.6. The molecule has 26 heavy (non-hydrogen) atoms. The zero-order chi connectivity index (χ0) is 18.8. The number of methoxy groups -OCH3 is 1. The van der Waals surface area contributed by atoms with E-state index in [0.29, 0.717) is 28.5 Å². The standard InChI is InChI=1S/C17H17ClN6O2/c1-9(25)14-12(7-13(18)22-16(14)19)21-11-6-4-5-10(15(11)26-3)17-20-8-24(2)23-17/h4-8H,1-3H3,(H3,19,21,22). The van der Waals surface area contributed by atoms with Gasteiger partial charge in [-0.25, -0.2) is 9.97 Å². The van der Waals surface area contributed by atoms with E-state index in [-0.39, 0.29) is 22.3 Å². The molecule has 0 aliphatic rings. The van der Waals surface area contributed by atoms with E-state index < -0.39 is 0 Å². The summed E-state index contributed by atoms with van der Waals surface area (Å²) in [6, 6.07) is 7.02. The molecular weight excluding hydrogens is 356 g/mol. The van der Waals surface area contributed by atoms with E-state index in [4.69, 9.17) is 22.1 Å². The van der Waals surface area contributed by atoms with Crippen molar-refractivity contribution in [2.75, 3.05) is 18.2 Å². The molecule has 0 radical (unpaired) electrons. The van der Waals surface area contributed by atoms with Crippen LogP contribution in [0.5, 0.6) is 5.75 Å². The number of anilines is 3. The highest BCUT2D eigenvalue weighted by Gasteiger charge is 2.18. The molecule has 0 aliphatic heterocycles. The van der Waals surface area contributed by atoms with Crippen LogP contribution in [-0.4, -0.2) is 32.6 Å². The molecular formula is C17H17ClN6O2. The number of nitrogens with one attached hydrogen (secondary N) is 1. The van der Waals surface area contributed by atoms with Crippen LogP contribution in [0.25, 0.3) is 11.4 Å². The van der Waals surface area contributed by atoms with Crippen LogP contribution >= 0.6 is 11.6 Å². The van der Waals surface area contributed by atoms with Crippen molar-refractivity contribution in [3.05, 3.63) is 41.3 Å². The number of ether oxygens (including phenoxy) is 1. The molecule has 3 aromatic rings. The highest BCUT2D eigenvalue weighted by atomic mass is 35.5. The smallest absolute Gasteiger partial charge is 0.184 e. The summed E-state index contributed by atoms with van der Waals surface area (Å²) in [5.41, 5.74) is 7.88. The first-order valence-corrected chi connectivity index (χ1v) is 8.05. The first-order valence-electron chi connectivity index (χ1n) is 7.67. The fraction of sp³-hybridized carbons (Fsp3) is 0.176. The number of nitrogens with two attached hydrogens (primary N) is 1. The lowest BCUT2D eigenvalue weighted by atomic mass is 10.1. The lowest BCUT2D eigenvalue weighted by Crippen LogP contribution is -2.08. The predicted molar refractivity (Wildman–Crippen MR) is 99.9 cm³/mol. The second-order valence-electron chi connectivity index (χ2n) is 5.56. The van der Waals surface area contributed by atoms with E-state index in [9.17, 15) is 4.79 Å².